The van der Waals surface area contributed by atoms with Crippen molar-refractivity contribution in [1.82, 2.24) is 10.2 Å². The number of aliphatic carboxylic acids is 1. The first-order chi connectivity index (χ1) is 8.35. The molecule has 2 heterocycles. The lowest BCUT2D eigenvalue weighted by Gasteiger charge is -2.38. The Morgan fingerprint density at radius 3 is 2.72 bits per heavy atom. The molecule has 0 aromatic rings. The van der Waals surface area contributed by atoms with Crippen molar-refractivity contribution in [1.29, 1.82) is 0 Å². The maximum Gasteiger partial charge on any atom is 0.401 e. The van der Waals surface area contributed by atoms with Crippen molar-refractivity contribution in [3.05, 3.63) is 0 Å². The van der Waals surface area contributed by atoms with Gasteiger partial charge in [-0.3, -0.25) is 15.0 Å². The molecule has 0 bridgehead atoms. The van der Waals surface area contributed by atoms with Crippen LogP contribution >= 0.6 is 0 Å². The van der Waals surface area contributed by atoms with Gasteiger partial charge in [0.15, 0.2) is 0 Å². The summed E-state index contributed by atoms with van der Waals surface area (Å²) in [6.45, 7) is 0.0961. The molecule has 0 aromatic heterocycles. The van der Waals surface area contributed by atoms with Crippen LogP contribution in [-0.4, -0.2) is 53.4 Å². The highest BCUT2D eigenvalue weighted by molar-refractivity contribution is 5.80. The molecule has 2 N–H and O–H groups in total. The number of rotatable bonds is 3. The number of carboxylic acids is 1. The summed E-state index contributed by atoms with van der Waals surface area (Å²) in [5.41, 5.74) is -1.43. The predicted molar refractivity (Wildman–Crippen MR) is 58.3 cm³/mol. The second-order valence-corrected chi connectivity index (χ2v) is 5.04. The summed E-state index contributed by atoms with van der Waals surface area (Å²) in [6.07, 6.45) is -1.62. The third-order valence-corrected chi connectivity index (χ3v) is 3.96. The highest BCUT2D eigenvalue weighted by Crippen LogP contribution is 2.36. The highest BCUT2D eigenvalue weighted by Gasteiger charge is 2.54. The molecule has 2 unspecified atom stereocenters. The Morgan fingerprint density at radius 2 is 2.11 bits per heavy atom. The summed E-state index contributed by atoms with van der Waals surface area (Å²) in [5.74, 6) is -1.17. The fraction of sp³-hybridized carbons (Fsp3) is 0.909. The van der Waals surface area contributed by atoms with Crippen LogP contribution in [0, 0.1) is 0 Å². The highest BCUT2D eigenvalue weighted by atomic mass is 19.4. The molecule has 2 aliphatic rings. The van der Waals surface area contributed by atoms with Crippen LogP contribution < -0.4 is 5.32 Å². The van der Waals surface area contributed by atoms with Gasteiger partial charge >= 0.3 is 12.1 Å². The largest absolute Gasteiger partial charge is 0.480 e. The van der Waals surface area contributed by atoms with E-state index < -0.39 is 24.2 Å². The summed E-state index contributed by atoms with van der Waals surface area (Å²) >= 11 is 0. The maximum absolute atomic E-state index is 12.3. The normalized spacial score (nSPS) is 33.4. The Bertz CT molecular complexity index is 335. The SMILES string of the molecule is O=C(O)C1(NCC(F)(F)F)CCN2CCCCC21. The van der Waals surface area contributed by atoms with Gasteiger partial charge in [0, 0.05) is 12.6 Å². The fourth-order valence-corrected chi connectivity index (χ4v) is 3.09. The molecule has 0 spiro atoms. The third kappa shape index (κ3) is 2.47. The summed E-state index contributed by atoms with van der Waals surface area (Å²) in [7, 11) is 0. The summed E-state index contributed by atoms with van der Waals surface area (Å²) in [4.78, 5) is 13.4. The summed E-state index contributed by atoms with van der Waals surface area (Å²) < 4.78 is 36.9. The van der Waals surface area contributed by atoms with Crippen molar-refractivity contribution >= 4 is 5.97 Å². The Morgan fingerprint density at radius 1 is 1.39 bits per heavy atom. The zero-order valence-corrected chi connectivity index (χ0v) is 9.96. The molecule has 2 fully saturated rings. The summed E-state index contributed by atoms with van der Waals surface area (Å²) in [5, 5.41) is 11.6. The minimum atomic E-state index is -4.38. The van der Waals surface area contributed by atoms with E-state index in [0.29, 0.717) is 13.0 Å². The van der Waals surface area contributed by atoms with Crippen molar-refractivity contribution in [3.63, 3.8) is 0 Å². The lowest BCUT2D eigenvalue weighted by molar-refractivity contribution is -0.152. The molecule has 0 amide bonds. The fourth-order valence-electron chi connectivity index (χ4n) is 3.09. The minimum absolute atomic E-state index is 0.239. The summed E-state index contributed by atoms with van der Waals surface area (Å²) in [6, 6.07) is -0.314. The molecule has 2 saturated heterocycles. The van der Waals surface area contributed by atoms with Gasteiger partial charge in [-0.2, -0.15) is 13.2 Å². The molecular weight excluding hydrogens is 249 g/mol. The van der Waals surface area contributed by atoms with Gasteiger partial charge in [-0.15, -0.1) is 0 Å². The van der Waals surface area contributed by atoms with Crippen molar-refractivity contribution in [2.24, 2.45) is 0 Å². The standard InChI is InChI=1S/C11H17F3N2O2/c12-11(13,14)7-15-10(9(17)18)4-6-16-5-2-1-3-8(10)16/h8,15H,1-7H2,(H,17,18). The van der Waals surface area contributed by atoms with Crippen molar-refractivity contribution in [2.45, 2.75) is 43.4 Å². The topological polar surface area (TPSA) is 52.6 Å². The van der Waals surface area contributed by atoms with Gasteiger partial charge in [0.1, 0.15) is 5.54 Å². The van der Waals surface area contributed by atoms with E-state index in [2.05, 4.69) is 5.32 Å². The zero-order chi connectivity index (χ0) is 13.4. The number of fused-ring (bicyclic) bond motifs is 1. The molecule has 18 heavy (non-hydrogen) atoms. The van der Waals surface area contributed by atoms with E-state index in [4.69, 9.17) is 0 Å². The number of alkyl halides is 3. The van der Waals surface area contributed by atoms with Gasteiger partial charge in [0.25, 0.3) is 0 Å². The van der Waals surface area contributed by atoms with E-state index in [1.165, 1.54) is 0 Å². The van der Waals surface area contributed by atoms with Crippen LogP contribution in [0.5, 0.6) is 0 Å². The number of hydrogen-bond donors (Lipinski definition) is 2. The Balaban J connectivity index is 2.14. The number of piperidine rings is 1. The van der Waals surface area contributed by atoms with Crippen molar-refractivity contribution in [3.8, 4) is 0 Å². The Kier molecular flexibility index (Phi) is 3.55. The molecular formula is C11H17F3N2O2. The van der Waals surface area contributed by atoms with Crippen molar-refractivity contribution < 1.29 is 23.1 Å². The van der Waals surface area contributed by atoms with E-state index in [-0.39, 0.29) is 12.5 Å². The molecule has 104 valence electrons. The first-order valence-corrected chi connectivity index (χ1v) is 6.14. The number of carboxylic acid groups (broad SMARTS) is 1. The van der Waals surface area contributed by atoms with E-state index in [9.17, 15) is 23.1 Å². The van der Waals surface area contributed by atoms with Gasteiger partial charge < -0.3 is 5.11 Å². The molecule has 4 nitrogen and oxygen atoms in total. The van der Waals surface area contributed by atoms with Gasteiger partial charge in [-0.05, 0) is 25.8 Å². The molecule has 0 radical (unpaired) electrons. The van der Waals surface area contributed by atoms with Crippen LogP contribution in [0.3, 0.4) is 0 Å². The minimum Gasteiger partial charge on any atom is -0.480 e. The lowest BCUT2D eigenvalue weighted by Crippen LogP contribution is -2.62. The third-order valence-electron chi connectivity index (χ3n) is 3.96. The van der Waals surface area contributed by atoms with Gasteiger partial charge in [0.2, 0.25) is 0 Å². The van der Waals surface area contributed by atoms with Crippen LogP contribution in [0.25, 0.3) is 0 Å². The van der Waals surface area contributed by atoms with Crippen LogP contribution in [0.15, 0.2) is 0 Å². The monoisotopic (exact) mass is 266 g/mol. The molecule has 0 saturated carbocycles. The van der Waals surface area contributed by atoms with Gasteiger partial charge in [-0.25, -0.2) is 0 Å². The van der Waals surface area contributed by atoms with Crippen LogP contribution in [-0.2, 0) is 4.79 Å². The number of hydrogen-bond acceptors (Lipinski definition) is 3. The molecule has 2 atom stereocenters. The molecule has 2 rings (SSSR count). The number of halogens is 3. The molecule has 7 heteroatoms. The quantitative estimate of drug-likeness (QED) is 0.806. The molecule has 2 aliphatic heterocycles. The molecule has 0 aliphatic carbocycles. The number of carbonyl (C=O) groups is 1. The lowest BCUT2D eigenvalue weighted by atomic mass is 9.85. The van der Waals surface area contributed by atoms with Gasteiger partial charge in [-0.1, -0.05) is 6.42 Å². The van der Waals surface area contributed by atoms with E-state index in [1.54, 1.807) is 0 Å². The zero-order valence-electron chi connectivity index (χ0n) is 9.96. The van der Waals surface area contributed by atoms with Crippen LogP contribution in [0.1, 0.15) is 25.7 Å². The maximum atomic E-state index is 12.3. The smallest absolute Gasteiger partial charge is 0.401 e. The molecule has 0 aromatic carbocycles. The Hall–Kier alpha value is -0.820. The van der Waals surface area contributed by atoms with E-state index in [1.807, 2.05) is 4.90 Å². The van der Waals surface area contributed by atoms with Crippen LogP contribution in [0.4, 0.5) is 13.2 Å². The average molecular weight is 266 g/mol. The Labute approximate surface area is 103 Å². The van der Waals surface area contributed by atoms with Crippen molar-refractivity contribution in [2.75, 3.05) is 19.6 Å². The number of nitrogens with one attached hydrogen (secondary N) is 1. The predicted octanol–water partition coefficient (Wildman–Crippen LogP) is 1.22. The average Bonchev–Trinajstić information content (AvgIpc) is 2.66. The first-order valence-electron chi connectivity index (χ1n) is 6.14. The second-order valence-electron chi connectivity index (χ2n) is 5.04. The number of nitrogens with zero attached hydrogens (tertiary/aromatic N) is 1. The van der Waals surface area contributed by atoms with Gasteiger partial charge in [0.05, 0.1) is 6.54 Å². The van der Waals surface area contributed by atoms with E-state index in [0.717, 1.165) is 19.4 Å². The second kappa shape index (κ2) is 4.70. The van der Waals surface area contributed by atoms with E-state index >= 15 is 0 Å². The first kappa shape index (κ1) is 13.6. The van der Waals surface area contributed by atoms with Crippen LogP contribution in [0.2, 0.25) is 0 Å².